The molecule has 15 heteroatoms. The average molecular weight is 560 g/mol. The second-order valence-corrected chi connectivity index (χ2v) is 7.60. The molecule has 11 nitrogen and oxygen atoms in total. The van der Waals surface area contributed by atoms with Crippen LogP contribution in [0.4, 0.5) is 17.6 Å². The van der Waals surface area contributed by atoms with Crippen LogP contribution in [-0.2, 0) is 53.1 Å². The molecule has 0 aromatic heterocycles. The van der Waals surface area contributed by atoms with Crippen molar-refractivity contribution in [1.29, 1.82) is 0 Å². The molecule has 1 aliphatic rings. The lowest BCUT2D eigenvalue weighted by atomic mass is 10.0. The summed E-state index contributed by atoms with van der Waals surface area (Å²) in [6.07, 6.45) is 1.29. The number of halogens is 4. The standard InChI is InChI=1S/C23H32F4O11/c1-4-9-33-36-13-19(37-34-10-5-2)12-29-16-22(24,25)17-32-23(26,27)18-30-14-21(38-35-11-6-3)8-7-20(28)31-15-21/h4-8,19H,1-3,9-18H2. The summed E-state index contributed by atoms with van der Waals surface area (Å²) in [7, 11) is 0. The first kappa shape index (κ1) is 33.8. The van der Waals surface area contributed by atoms with Crippen molar-refractivity contribution in [2.24, 2.45) is 0 Å². The molecule has 0 N–H and O–H groups in total. The third-order valence-corrected chi connectivity index (χ3v) is 4.03. The number of cyclic esters (lactones) is 1. The van der Waals surface area contributed by atoms with Gasteiger partial charge in [-0.15, -0.1) is 19.7 Å². The maximum Gasteiger partial charge on any atom is 0.379 e. The molecule has 0 spiro atoms. The Bertz CT molecular complexity index is 751. The highest BCUT2D eigenvalue weighted by Gasteiger charge is 2.41. The van der Waals surface area contributed by atoms with E-state index in [9.17, 15) is 22.4 Å². The van der Waals surface area contributed by atoms with E-state index in [0.717, 1.165) is 6.08 Å². The van der Waals surface area contributed by atoms with E-state index in [1.54, 1.807) is 0 Å². The van der Waals surface area contributed by atoms with Crippen molar-refractivity contribution >= 4 is 5.97 Å². The van der Waals surface area contributed by atoms with Crippen LogP contribution in [0, 0.1) is 0 Å². The van der Waals surface area contributed by atoms with E-state index in [-0.39, 0.29) is 26.4 Å². The molecule has 0 bridgehead atoms. The molecular weight excluding hydrogens is 528 g/mol. The van der Waals surface area contributed by atoms with Crippen LogP contribution in [-0.4, -0.2) is 95.8 Å². The Morgan fingerprint density at radius 3 is 2.26 bits per heavy atom. The van der Waals surface area contributed by atoms with E-state index in [2.05, 4.69) is 24.5 Å². The Morgan fingerprint density at radius 1 is 0.921 bits per heavy atom. The minimum atomic E-state index is -4.10. The highest BCUT2D eigenvalue weighted by Crippen LogP contribution is 2.24. The number of hydrogen-bond acceptors (Lipinski definition) is 11. The smallest absolute Gasteiger partial charge is 0.379 e. The summed E-state index contributed by atoms with van der Waals surface area (Å²) in [5, 5.41) is 0. The molecule has 218 valence electrons. The highest BCUT2D eigenvalue weighted by molar-refractivity contribution is 5.83. The van der Waals surface area contributed by atoms with Gasteiger partial charge in [0.05, 0.1) is 13.2 Å². The van der Waals surface area contributed by atoms with Gasteiger partial charge in [0, 0.05) is 6.08 Å². The summed E-state index contributed by atoms with van der Waals surface area (Å²) in [5.41, 5.74) is -1.53. The summed E-state index contributed by atoms with van der Waals surface area (Å²) in [5.74, 6) is -4.47. The topological polar surface area (TPSA) is 109 Å². The van der Waals surface area contributed by atoms with Gasteiger partial charge in [-0.05, 0) is 6.08 Å². The van der Waals surface area contributed by atoms with Crippen molar-refractivity contribution < 1.29 is 70.6 Å². The van der Waals surface area contributed by atoms with Gasteiger partial charge < -0.3 is 18.9 Å². The van der Waals surface area contributed by atoms with Gasteiger partial charge in [-0.3, -0.25) is 0 Å². The van der Waals surface area contributed by atoms with Gasteiger partial charge in [0.15, 0.2) is 5.60 Å². The summed E-state index contributed by atoms with van der Waals surface area (Å²) in [6, 6.07) is 0. The van der Waals surface area contributed by atoms with Crippen LogP contribution in [0.2, 0.25) is 0 Å². The van der Waals surface area contributed by atoms with E-state index in [1.807, 2.05) is 0 Å². The minimum absolute atomic E-state index is 0.00168. The van der Waals surface area contributed by atoms with Gasteiger partial charge in [0.2, 0.25) is 0 Å². The van der Waals surface area contributed by atoms with Crippen molar-refractivity contribution in [1.82, 2.24) is 0 Å². The fraction of sp³-hybridized carbons (Fsp3) is 0.609. The van der Waals surface area contributed by atoms with E-state index in [4.69, 9.17) is 43.5 Å². The number of carbonyl (C=O) groups excluding carboxylic acids is 1. The molecule has 2 unspecified atom stereocenters. The third-order valence-electron chi connectivity index (χ3n) is 4.03. The SMILES string of the molecule is C=CCOOCC(COCC(F)(F)COC(F)(F)COCC1(OOCC=C)C=CC(=O)OC1)OOCC=C. The molecule has 0 aromatic carbocycles. The summed E-state index contributed by atoms with van der Waals surface area (Å²) < 4.78 is 74.8. The summed E-state index contributed by atoms with van der Waals surface area (Å²) in [4.78, 5) is 40.4. The molecule has 1 heterocycles. The molecule has 0 saturated heterocycles. The number of alkyl halides is 4. The van der Waals surface area contributed by atoms with Crippen molar-refractivity contribution in [3.8, 4) is 0 Å². The second kappa shape index (κ2) is 18.1. The van der Waals surface area contributed by atoms with Gasteiger partial charge in [0.25, 0.3) is 5.92 Å². The van der Waals surface area contributed by atoms with Crippen molar-refractivity contribution in [2.75, 3.05) is 66.1 Å². The van der Waals surface area contributed by atoms with Crippen LogP contribution in [0.15, 0.2) is 50.1 Å². The molecular formula is C23H32F4O11. The lowest BCUT2D eigenvalue weighted by Crippen LogP contribution is -2.45. The Hall–Kier alpha value is -2.21. The highest BCUT2D eigenvalue weighted by atomic mass is 19.3. The molecule has 1 aliphatic heterocycles. The van der Waals surface area contributed by atoms with E-state index in [1.165, 1.54) is 24.3 Å². The normalized spacial score (nSPS) is 18.7. The number of esters is 1. The van der Waals surface area contributed by atoms with Crippen molar-refractivity contribution in [3.05, 3.63) is 50.1 Å². The van der Waals surface area contributed by atoms with Crippen LogP contribution in [0.25, 0.3) is 0 Å². The van der Waals surface area contributed by atoms with E-state index >= 15 is 0 Å². The maximum absolute atomic E-state index is 14.1. The first-order valence-electron chi connectivity index (χ1n) is 11.1. The number of hydrogen-bond donors (Lipinski definition) is 0. The molecule has 0 amide bonds. The zero-order valence-corrected chi connectivity index (χ0v) is 20.7. The lowest BCUT2D eigenvalue weighted by Gasteiger charge is -2.31. The van der Waals surface area contributed by atoms with Gasteiger partial charge in [0.1, 0.15) is 59.0 Å². The monoisotopic (exact) mass is 560 g/mol. The molecule has 0 radical (unpaired) electrons. The average Bonchev–Trinajstić information content (AvgIpc) is 2.87. The predicted octanol–water partition coefficient (Wildman–Crippen LogP) is 2.89. The van der Waals surface area contributed by atoms with Crippen LogP contribution in [0.3, 0.4) is 0 Å². The molecule has 1 rings (SSSR count). The van der Waals surface area contributed by atoms with Gasteiger partial charge in [-0.1, -0.05) is 18.2 Å². The molecule has 38 heavy (non-hydrogen) atoms. The van der Waals surface area contributed by atoms with Crippen LogP contribution < -0.4 is 0 Å². The largest absolute Gasteiger partial charge is 0.459 e. The van der Waals surface area contributed by atoms with E-state index in [0.29, 0.717) is 0 Å². The van der Waals surface area contributed by atoms with Crippen LogP contribution in [0.5, 0.6) is 0 Å². The first-order chi connectivity index (χ1) is 18.1. The molecule has 0 saturated carbocycles. The predicted molar refractivity (Wildman–Crippen MR) is 121 cm³/mol. The summed E-state index contributed by atoms with van der Waals surface area (Å²) in [6.45, 7) is 4.26. The number of carbonyl (C=O) groups is 1. The molecule has 2 atom stereocenters. The lowest BCUT2D eigenvalue weighted by molar-refractivity contribution is -0.366. The zero-order chi connectivity index (χ0) is 28.3. The fourth-order valence-corrected chi connectivity index (χ4v) is 2.36. The summed E-state index contributed by atoms with van der Waals surface area (Å²) >= 11 is 0. The second-order valence-electron chi connectivity index (χ2n) is 7.60. The van der Waals surface area contributed by atoms with Gasteiger partial charge >= 0.3 is 12.1 Å². The third kappa shape index (κ3) is 15.3. The Kier molecular flexibility index (Phi) is 16.1. The number of rotatable bonds is 24. The Balaban J connectivity index is 2.47. The quantitative estimate of drug-likeness (QED) is 0.0434. The van der Waals surface area contributed by atoms with Gasteiger partial charge in [-0.2, -0.15) is 8.78 Å². The zero-order valence-electron chi connectivity index (χ0n) is 20.7. The first-order valence-corrected chi connectivity index (χ1v) is 11.1. The molecule has 0 aromatic rings. The minimum Gasteiger partial charge on any atom is -0.459 e. The Labute approximate surface area is 217 Å². The fourth-order valence-electron chi connectivity index (χ4n) is 2.36. The van der Waals surface area contributed by atoms with Crippen LogP contribution >= 0.6 is 0 Å². The van der Waals surface area contributed by atoms with Gasteiger partial charge in [-0.25, -0.2) is 42.9 Å². The van der Waals surface area contributed by atoms with Crippen molar-refractivity contribution in [3.63, 3.8) is 0 Å². The van der Waals surface area contributed by atoms with Crippen molar-refractivity contribution in [2.45, 2.75) is 23.7 Å². The Morgan fingerprint density at radius 2 is 1.61 bits per heavy atom. The maximum atomic E-state index is 14.1. The molecule has 0 fully saturated rings. The van der Waals surface area contributed by atoms with Crippen LogP contribution in [0.1, 0.15) is 0 Å². The number of ether oxygens (including phenoxy) is 4. The van der Waals surface area contributed by atoms with E-state index < -0.39 is 69.3 Å². The molecule has 0 aliphatic carbocycles.